The lowest BCUT2D eigenvalue weighted by Crippen LogP contribution is -2.59. The van der Waals surface area contributed by atoms with E-state index in [1.165, 1.54) is 0 Å². The molecule has 2 atom stereocenters. The highest BCUT2D eigenvalue weighted by Gasteiger charge is 2.40. The van der Waals surface area contributed by atoms with Gasteiger partial charge in [0.1, 0.15) is 0 Å². The SMILES string of the molecule is CC(C)CC(=O)OC1CC2CCCCN2C(=O)N1C. The van der Waals surface area contributed by atoms with Crippen molar-refractivity contribution in [1.29, 1.82) is 0 Å². The summed E-state index contributed by atoms with van der Waals surface area (Å²) in [6.07, 6.45) is 4.02. The first-order valence-electron chi connectivity index (χ1n) is 7.22. The fourth-order valence-electron chi connectivity index (χ4n) is 2.87. The number of ether oxygens (including phenoxy) is 1. The highest BCUT2D eigenvalue weighted by atomic mass is 16.6. The fourth-order valence-corrected chi connectivity index (χ4v) is 2.87. The van der Waals surface area contributed by atoms with Crippen molar-refractivity contribution in [2.24, 2.45) is 5.92 Å². The van der Waals surface area contributed by atoms with Crippen LogP contribution in [0.25, 0.3) is 0 Å². The minimum atomic E-state index is -0.391. The van der Waals surface area contributed by atoms with Crippen LogP contribution in [-0.4, -0.2) is 47.7 Å². The molecule has 5 heteroatoms. The first-order valence-corrected chi connectivity index (χ1v) is 7.22. The number of fused-ring (bicyclic) bond motifs is 1. The summed E-state index contributed by atoms with van der Waals surface area (Å²) >= 11 is 0. The number of urea groups is 1. The van der Waals surface area contributed by atoms with Crippen molar-refractivity contribution < 1.29 is 14.3 Å². The summed E-state index contributed by atoms with van der Waals surface area (Å²) in [6, 6.07) is 0.243. The molecule has 0 saturated carbocycles. The van der Waals surface area contributed by atoms with Gasteiger partial charge in [-0.3, -0.25) is 9.69 Å². The molecule has 2 rings (SSSR count). The van der Waals surface area contributed by atoms with Crippen molar-refractivity contribution in [3.05, 3.63) is 0 Å². The first-order chi connectivity index (χ1) is 8.99. The largest absolute Gasteiger partial charge is 0.441 e. The number of nitrogens with zero attached hydrogens (tertiary/aromatic N) is 2. The van der Waals surface area contributed by atoms with Gasteiger partial charge in [-0.05, 0) is 25.2 Å². The van der Waals surface area contributed by atoms with Crippen LogP contribution in [-0.2, 0) is 9.53 Å². The van der Waals surface area contributed by atoms with E-state index in [0.717, 1.165) is 32.2 Å². The van der Waals surface area contributed by atoms with E-state index in [2.05, 4.69) is 0 Å². The van der Waals surface area contributed by atoms with Gasteiger partial charge in [-0.15, -0.1) is 0 Å². The van der Waals surface area contributed by atoms with Crippen LogP contribution in [0.2, 0.25) is 0 Å². The summed E-state index contributed by atoms with van der Waals surface area (Å²) in [5.74, 6) is 0.0761. The summed E-state index contributed by atoms with van der Waals surface area (Å²) < 4.78 is 5.47. The van der Waals surface area contributed by atoms with Gasteiger partial charge in [0.25, 0.3) is 0 Å². The lowest BCUT2D eigenvalue weighted by atomic mass is 9.96. The average Bonchev–Trinajstić information content (AvgIpc) is 2.34. The predicted molar refractivity (Wildman–Crippen MR) is 71.5 cm³/mol. The molecule has 0 bridgehead atoms. The third-order valence-corrected chi connectivity index (χ3v) is 3.92. The molecule has 0 radical (unpaired) electrons. The number of esters is 1. The number of amides is 2. The molecular weight excluding hydrogens is 244 g/mol. The van der Waals surface area contributed by atoms with E-state index in [0.29, 0.717) is 6.42 Å². The molecule has 0 N–H and O–H groups in total. The van der Waals surface area contributed by atoms with E-state index in [9.17, 15) is 9.59 Å². The summed E-state index contributed by atoms with van der Waals surface area (Å²) in [5, 5.41) is 0. The monoisotopic (exact) mass is 268 g/mol. The highest BCUT2D eigenvalue weighted by molar-refractivity contribution is 5.76. The molecule has 108 valence electrons. The summed E-state index contributed by atoms with van der Waals surface area (Å²) in [4.78, 5) is 27.5. The molecule has 0 spiro atoms. The smallest absolute Gasteiger partial charge is 0.322 e. The van der Waals surface area contributed by atoms with Crippen molar-refractivity contribution in [2.45, 2.75) is 58.2 Å². The zero-order valence-corrected chi connectivity index (χ0v) is 12.1. The Hall–Kier alpha value is -1.26. The third kappa shape index (κ3) is 3.19. The number of piperidine rings is 1. The maximum absolute atomic E-state index is 12.2. The Labute approximate surface area is 114 Å². The maximum atomic E-state index is 12.2. The summed E-state index contributed by atoms with van der Waals surface area (Å²) in [5.41, 5.74) is 0. The quantitative estimate of drug-likeness (QED) is 0.737. The van der Waals surface area contributed by atoms with Gasteiger partial charge >= 0.3 is 12.0 Å². The van der Waals surface area contributed by atoms with Crippen LogP contribution in [0.15, 0.2) is 0 Å². The molecule has 2 heterocycles. The van der Waals surface area contributed by atoms with Crippen molar-refractivity contribution in [3.63, 3.8) is 0 Å². The number of hydrogen-bond donors (Lipinski definition) is 0. The van der Waals surface area contributed by atoms with Gasteiger partial charge in [0.15, 0.2) is 6.23 Å². The second-order valence-corrected chi connectivity index (χ2v) is 6.01. The van der Waals surface area contributed by atoms with Crippen LogP contribution in [0.1, 0.15) is 46.0 Å². The Kier molecular flexibility index (Phi) is 4.32. The van der Waals surface area contributed by atoms with Gasteiger partial charge in [-0.1, -0.05) is 13.8 Å². The zero-order chi connectivity index (χ0) is 14.0. The van der Waals surface area contributed by atoms with E-state index in [-0.39, 0.29) is 24.0 Å². The number of hydrogen-bond acceptors (Lipinski definition) is 3. The van der Waals surface area contributed by atoms with Crippen molar-refractivity contribution in [1.82, 2.24) is 9.80 Å². The Morgan fingerprint density at radius 2 is 2.16 bits per heavy atom. The first kappa shape index (κ1) is 14.2. The second kappa shape index (κ2) is 5.80. The number of carbonyl (C=O) groups excluding carboxylic acids is 2. The normalized spacial score (nSPS) is 27.5. The molecule has 2 fully saturated rings. The molecule has 2 aliphatic rings. The molecule has 19 heavy (non-hydrogen) atoms. The zero-order valence-electron chi connectivity index (χ0n) is 12.1. The average molecular weight is 268 g/mol. The molecule has 5 nitrogen and oxygen atoms in total. The van der Waals surface area contributed by atoms with Crippen molar-refractivity contribution >= 4 is 12.0 Å². The Balaban J connectivity index is 1.97. The standard InChI is InChI=1S/C14H24N2O3/c1-10(2)8-13(17)19-12-9-11-6-4-5-7-16(11)14(18)15(12)3/h10-12H,4-9H2,1-3H3. The van der Waals surface area contributed by atoms with E-state index >= 15 is 0 Å². The minimum absolute atomic E-state index is 0.00158. The Bertz CT molecular complexity index is 357. The van der Waals surface area contributed by atoms with Crippen LogP contribution >= 0.6 is 0 Å². The molecule has 2 unspecified atom stereocenters. The molecule has 0 aromatic carbocycles. The molecule has 2 aliphatic heterocycles. The van der Waals surface area contributed by atoms with Crippen LogP contribution in [0, 0.1) is 5.92 Å². The molecule has 2 saturated heterocycles. The van der Waals surface area contributed by atoms with Gasteiger partial charge in [0.2, 0.25) is 0 Å². The summed E-state index contributed by atoms with van der Waals surface area (Å²) in [7, 11) is 1.72. The molecule has 0 aliphatic carbocycles. The van der Waals surface area contributed by atoms with E-state index in [1.807, 2.05) is 18.7 Å². The van der Waals surface area contributed by atoms with Gasteiger partial charge in [-0.25, -0.2) is 4.79 Å². The second-order valence-electron chi connectivity index (χ2n) is 6.01. The topological polar surface area (TPSA) is 49.9 Å². The maximum Gasteiger partial charge on any atom is 0.322 e. The van der Waals surface area contributed by atoms with Gasteiger partial charge in [0, 0.05) is 32.5 Å². The lowest BCUT2D eigenvalue weighted by Gasteiger charge is -2.46. The van der Waals surface area contributed by atoms with Crippen molar-refractivity contribution in [2.75, 3.05) is 13.6 Å². The van der Waals surface area contributed by atoms with Gasteiger partial charge < -0.3 is 9.64 Å². The molecule has 2 amide bonds. The van der Waals surface area contributed by atoms with Gasteiger partial charge in [-0.2, -0.15) is 0 Å². The number of carbonyl (C=O) groups is 2. The lowest BCUT2D eigenvalue weighted by molar-refractivity contribution is -0.161. The minimum Gasteiger partial charge on any atom is -0.441 e. The van der Waals surface area contributed by atoms with E-state index in [1.54, 1.807) is 11.9 Å². The van der Waals surface area contributed by atoms with Crippen molar-refractivity contribution in [3.8, 4) is 0 Å². The van der Waals surface area contributed by atoms with Crippen LogP contribution in [0.3, 0.4) is 0 Å². The highest BCUT2D eigenvalue weighted by Crippen LogP contribution is 2.29. The fraction of sp³-hybridized carbons (Fsp3) is 0.857. The van der Waals surface area contributed by atoms with E-state index in [4.69, 9.17) is 4.74 Å². The third-order valence-electron chi connectivity index (χ3n) is 3.92. The summed E-state index contributed by atoms with van der Waals surface area (Å²) in [6.45, 7) is 4.81. The molecular formula is C14H24N2O3. The Morgan fingerprint density at radius 1 is 1.42 bits per heavy atom. The predicted octanol–water partition coefficient (Wildman–Crippen LogP) is 2.21. The Morgan fingerprint density at radius 3 is 2.84 bits per heavy atom. The van der Waals surface area contributed by atoms with Crippen LogP contribution < -0.4 is 0 Å². The number of rotatable bonds is 3. The van der Waals surface area contributed by atoms with Crippen LogP contribution in [0.5, 0.6) is 0 Å². The van der Waals surface area contributed by atoms with Crippen LogP contribution in [0.4, 0.5) is 4.79 Å². The van der Waals surface area contributed by atoms with Gasteiger partial charge in [0.05, 0.1) is 0 Å². The van der Waals surface area contributed by atoms with E-state index < -0.39 is 6.23 Å². The molecule has 0 aromatic rings. The molecule has 0 aromatic heterocycles.